The van der Waals surface area contributed by atoms with Crippen molar-refractivity contribution in [2.75, 3.05) is 13.2 Å². The molecule has 104 valence electrons. The SMILES string of the molecule is C=CC(=O)OCCn1c(=O)[nH]c(=O)n(CCO)c1=O. The van der Waals surface area contributed by atoms with Crippen molar-refractivity contribution < 1.29 is 14.6 Å². The third kappa shape index (κ3) is 3.52. The lowest BCUT2D eigenvalue weighted by atomic mass is 10.6. The monoisotopic (exact) mass is 271 g/mol. The van der Waals surface area contributed by atoms with E-state index in [0.717, 1.165) is 6.08 Å². The highest BCUT2D eigenvalue weighted by atomic mass is 16.5. The second kappa shape index (κ2) is 6.50. The maximum Gasteiger partial charge on any atom is 0.336 e. The van der Waals surface area contributed by atoms with Gasteiger partial charge in [0.2, 0.25) is 0 Å². The Hall–Kier alpha value is -2.42. The quantitative estimate of drug-likeness (QED) is 0.432. The summed E-state index contributed by atoms with van der Waals surface area (Å²) >= 11 is 0. The molecule has 0 aliphatic rings. The lowest BCUT2D eigenvalue weighted by Crippen LogP contribution is -2.50. The van der Waals surface area contributed by atoms with Gasteiger partial charge in [-0.1, -0.05) is 6.58 Å². The molecule has 1 aromatic heterocycles. The van der Waals surface area contributed by atoms with Crippen LogP contribution >= 0.6 is 0 Å². The topological polar surface area (TPSA) is 123 Å². The normalized spacial score (nSPS) is 10.2. The summed E-state index contributed by atoms with van der Waals surface area (Å²) in [6, 6.07) is 0. The van der Waals surface area contributed by atoms with Gasteiger partial charge in [0.15, 0.2) is 0 Å². The van der Waals surface area contributed by atoms with Gasteiger partial charge in [0.05, 0.1) is 19.7 Å². The highest BCUT2D eigenvalue weighted by Crippen LogP contribution is 1.81. The molecule has 0 saturated heterocycles. The second-order valence-electron chi connectivity index (χ2n) is 3.42. The Morgan fingerprint density at radius 3 is 2.37 bits per heavy atom. The number of carbonyl (C=O) groups is 1. The third-order valence-electron chi connectivity index (χ3n) is 2.22. The fraction of sp³-hybridized carbons (Fsp3) is 0.400. The molecule has 0 aliphatic heterocycles. The lowest BCUT2D eigenvalue weighted by Gasteiger charge is -2.07. The van der Waals surface area contributed by atoms with Gasteiger partial charge in [0, 0.05) is 6.08 Å². The van der Waals surface area contributed by atoms with E-state index in [2.05, 4.69) is 11.3 Å². The number of aliphatic hydroxyl groups is 1. The summed E-state index contributed by atoms with van der Waals surface area (Å²) in [5, 5.41) is 8.73. The van der Waals surface area contributed by atoms with Crippen molar-refractivity contribution in [3.63, 3.8) is 0 Å². The molecule has 2 N–H and O–H groups in total. The summed E-state index contributed by atoms with van der Waals surface area (Å²) in [5.74, 6) is -0.687. The summed E-state index contributed by atoms with van der Waals surface area (Å²) < 4.78 is 6.01. The molecule has 0 amide bonds. The zero-order valence-corrected chi connectivity index (χ0v) is 10.00. The van der Waals surface area contributed by atoms with Crippen molar-refractivity contribution in [1.82, 2.24) is 14.1 Å². The van der Waals surface area contributed by atoms with Crippen LogP contribution in [0.5, 0.6) is 0 Å². The van der Waals surface area contributed by atoms with E-state index >= 15 is 0 Å². The number of nitrogens with one attached hydrogen (secondary N) is 1. The number of ether oxygens (including phenoxy) is 1. The summed E-state index contributed by atoms with van der Waals surface area (Å²) in [6.07, 6.45) is 0.944. The molecule has 1 aromatic rings. The maximum atomic E-state index is 11.8. The van der Waals surface area contributed by atoms with Gasteiger partial charge in [-0.15, -0.1) is 0 Å². The summed E-state index contributed by atoms with van der Waals surface area (Å²) in [7, 11) is 0. The molecule has 19 heavy (non-hydrogen) atoms. The van der Waals surface area contributed by atoms with Crippen molar-refractivity contribution in [2.45, 2.75) is 13.1 Å². The van der Waals surface area contributed by atoms with E-state index < -0.39 is 29.6 Å². The average Bonchev–Trinajstić information content (AvgIpc) is 2.38. The van der Waals surface area contributed by atoms with Crippen molar-refractivity contribution in [3.8, 4) is 0 Å². The molecule has 0 fully saturated rings. The predicted molar refractivity (Wildman–Crippen MR) is 63.8 cm³/mol. The maximum absolute atomic E-state index is 11.8. The van der Waals surface area contributed by atoms with E-state index in [1.807, 2.05) is 4.98 Å². The number of nitrogens with zero attached hydrogens (tertiary/aromatic N) is 2. The number of hydrogen-bond donors (Lipinski definition) is 2. The van der Waals surface area contributed by atoms with E-state index in [4.69, 9.17) is 5.11 Å². The number of esters is 1. The van der Waals surface area contributed by atoms with E-state index in [-0.39, 0.29) is 19.7 Å². The van der Waals surface area contributed by atoms with E-state index in [1.54, 1.807) is 0 Å². The first-order chi connectivity index (χ1) is 9.01. The van der Waals surface area contributed by atoms with Gasteiger partial charge < -0.3 is 9.84 Å². The number of aromatic amines is 1. The summed E-state index contributed by atoms with van der Waals surface area (Å²) in [5.41, 5.74) is -2.68. The van der Waals surface area contributed by atoms with E-state index in [1.165, 1.54) is 0 Å². The number of rotatable bonds is 6. The Bertz CT molecular complexity index is 638. The van der Waals surface area contributed by atoms with E-state index in [0.29, 0.717) is 9.13 Å². The minimum atomic E-state index is -0.904. The van der Waals surface area contributed by atoms with Crippen LogP contribution in [-0.2, 0) is 22.6 Å². The smallest absolute Gasteiger partial charge is 0.336 e. The molecule has 0 atom stereocenters. The number of carbonyl (C=O) groups excluding carboxylic acids is 1. The first-order valence-corrected chi connectivity index (χ1v) is 5.35. The minimum Gasteiger partial charge on any atom is -0.461 e. The Kier molecular flexibility index (Phi) is 5.01. The van der Waals surface area contributed by atoms with Crippen molar-refractivity contribution in [3.05, 3.63) is 44.1 Å². The molecule has 0 radical (unpaired) electrons. The zero-order chi connectivity index (χ0) is 14.4. The third-order valence-corrected chi connectivity index (χ3v) is 2.22. The van der Waals surface area contributed by atoms with Gasteiger partial charge >= 0.3 is 23.0 Å². The van der Waals surface area contributed by atoms with Crippen LogP contribution in [0, 0.1) is 0 Å². The average molecular weight is 271 g/mol. The van der Waals surface area contributed by atoms with Gasteiger partial charge in [-0.2, -0.15) is 0 Å². The first kappa shape index (κ1) is 14.6. The van der Waals surface area contributed by atoms with Crippen LogP contribution in [0.1, 0.15) is 0 Å². The second-order valence-corrected chi connectivity index (χ2v) is 3.42. The Morgan fingerprint density at radius 1 is 1.26 bits per heavy atom. The fourth-order valence-corrected chi connectivity index (χ4v) is 1.34. The molecular formula is C10H13N3O6. The molecule has 0 bridgehead atoms. The van der Waals surface area contributed by atoms with Gasteiger partial charge in [-0.25, -0.2) is 28.3 Å². The van der Waals surface area contributed by atoms with Crippen LogP contribution in [0.2, 0.25) is 0 Å². The van der Waals surface area contributed by atoms with E-state index in [9.17, 15) is 19.2 Å². The van der Waals surface area contributed by atoms with Gasteiger partial charge in [-0.3, -0.25) is 4.98 Å². The number of aliphatic hydroxyl groups excluding tert-OH is 1. The molecule has 1 heterocycles. The number of aromatic nitrogens is 3. The van der Waals surface area contributed by atoms with Crippen LogP contribution in [0.4, 0.5) is 0 Å². The minimum absolute atomic E-state index is 0.209. The Labute approximate surface area is 106 Å². The highest BCUT2D eigenvalue weighted by molar-refractivity contribution is 5.81. The van der Waals surface area contributed by atoms with Crippen LogP contribution in [0.3, 0.4) is 0 Å². The van der Waals surface area contributed by atoms with Crippen LogP contribution in [0.25, 0.3) is 0 Å². The molecule has 0 spiro atoms. The molecule has 9 heteroatoms. The molecule has 0 unspecified atom stereocenters. The summed E-state index contributed by atoms with van der Waals surface area (Å²) in [6.45, 7) is 2.10. The van der Waals surface area contributed by atoms with Gasteiger partial charge in [-0.05, 0) is 0 Å². The molecule has 9 nitrogen and oxygen atoms in total. The molecule has 1 rings (SSSR count). The molecule has 0 saturated carbocycles. The Morgan fingerprint density at radius 2 is 1.84 bits per heavy atom. The van der Waals surface area contributed by atoms with Crippen molar-refractivity contribution in [1.29, 1.82) is 0 Å². The van der Waals surface area contributed by atoms with Crippen LogP contribution in [0.15, 0.2) is 27.0 Å². The fourth-order valence-electron chi connectivity index (χ4n) is 1.34. The number of H-pyrrole nitrogens is 1. The first-order valence-electron chi connectivity index (χ1n) is 5.35. The van der Waals surface area contributed by atoms with Crippen LogP contribution in [-0.4, -0.2) is 38.4 Å². The predicted octanol–water partition coefficient (Wildman–Crippen LogP) is -2.58. The standard InChI is InChI=1S/C10H13N3O6/c1-2-7(15)19-6-4-13-9(17)11-8(16)12(3-5-14)10(13)18/h2,14H,1,3-6H2,(H,11,16,17). The highest BCUT2D eigenvalue weighted by Gasteiger charge is 2.09. The lowest BCUT2D eigenvalue weighted by molar-refractivity contribution is -0.138. The van der Waals surface area contributed by atoms with Gasteiger partial charge in [0.1, 0.15) is 6.61 Å². The molecular weight excluding hydrogens is 258 g/mol. The van der Waals surface area contributed by atoms with Gasteiger partial charge in [0.25, 0.3) is 0 Å². The van der Waals surface area contributed by atoms with Crippen molar-refractivity contribution >= 4 is 5.97 Å². The molecule has 0 aromatic carbocycles. The van der Waals surface area contributed by atoms with Crippen LogP contribution < -0.4 is 17.1 Å². The number of hydrogen-bond acceptors (Lipinski definition) is 6. The summed E-state index contributed by atoms with van der Waals surface area (Å²) in [4.78, 5) is 47.3. The largest absolute Gasteiger partial charge is 0.461 e. The molecule has 0 aliphatic carbocycles. The van der Waals surface area contributed by atoms with Crippen molar-refractivity contribution in [2.24, 2.45) is 0 Å². The zero-order valence-electron chi connectivity index (χ0n) is 10.00. The Balaban J connectivity index is 3.01.